The SMILES string of the molecule is CC(=O)Oc1ccc(CCCC(=O)O)cc1OC(C)=O. The van der Waals surface area contributed by atoms with Crippen LogP contribution in [0.25, 0.3) is 0 Å². The lowest BCUT2D eigenvalue weighted by Crippen LogP contribution is -2.07. The van der Waals surface area contributed by atoms with Crippen molar-refractivity contribution in [1.29, 1.82) is 0 Å². The fourth-order valence-corrected chi connectivity index (χ4v) is 1.63. The second kappa shape index (κ2) is 7.28. The molecule has 0 radical (unpaired) electrons. The fraction of sp³-hybridized carbons (Fsp3) is 0.357. The smallest absolute Gasteiger partial charge is 0.308 e. The summed E-state index contributed by atoms with van der Waals surface area (Å²) < 4.78 is 9.92. The summed E-state index contributed by atoms with van der Waals surface area (Å²) in [5.41, 5.74) is 0.804. The third-order valence-electron chi connectivity index (χ3n) is 2.37. The first kappa shape index (κ1) is 15.7. The molecule has 1 rings (SSSR count). The van der Waals surface area contributed by atoms with Gasteiger partial charge in [-0.25, -0.2) is 0 Å². The van der Waals surface area contributed by atoms with E-state index in [0.29, 0.717) is 12.8 Å². The summed E-state index contributed by atoms with van der Waals surface area (Å²) >= 11 is 0. The standard InChI is InChI=1S/C14H16O6/c1-9(15)19-12-7-6-11(4-3-5-14(17)18)8-13(12)20-10(2)16/h6-8H,3-5H2,1-2H3,(H,17,18). The molecule has 6 heteroatoms. The number of aliphatic carboxylic acids is 1. The zero-order valence-corrected chi connectivity index (χ0v) is 11.3. The van der Waals surface area contributed by atoms with Crippen LogP contribution in [-0.2, 0) is 20.8 Å². The van der Waals surface area contributed by atoms with Gasteiger partial charge in [0, 0.05) is 20.3 Å². The van der Waals surface area contributed by atoms with Crippen LogP contribution in [0.4, 0.5) is 0 Å². The highest BCUT2D eigenvalue weighted by atomic mass is 16.6. The molecule has 0 spiro atoms. The van der Waals surface area contributed by atoms with Gasteiger partial charge in [-0.2, -0.15) is 0 Å². The Bertz CT molecular complexity index is 520. The molecule has 0 aromatic heterocycles. The molecule has 0 unspecified atom stereocenters. The maximum absolute atomic E-state index is 11.0. The third kappa shape index (κ3) is 5.51. The summed E-state index contributed by atoms with van der Waals surface area (Å²) in [6.07, 6.45) is 1.07. The summed E-state index contributed by atoms with van der Waals surface area (Å²) in [5, 5.41) is 8.58. The lowest BCUT2D eigenvalue weighted by atomic mass is 10.1. The number of carbonyl (C=O) groups is 3. The van der Waals surface area contributed by atoms with Gasteiger partial charge in [0.2, 0.25) is 0 Å². The van der Waals surface area contributed by atoms with E-state index in [-0.39, 0.29) is 17.9 Å². The minimum atomic E-state index is -0.859. The minimum absolute atomic E-state index is 0.0641. The van der Waals surface area contributed by atoms with Crippen LogP contribution in [0.2, 0.25) is 0 Å². The van der Waals surface area contributed by atoms with Crippen molar-refractivity contribution in [2.45, 2.75) is 33.1 Å². The van der Waals surface area contributed by atoms with Crippen molar-refractivity contribution in [3.05, 3.63) is 23.8 Å². The Hall–Kier alpha value is -2.37. The number of rotatable bonds is 6. The van der Waals surface area contributed by atoms with Crippen molar-refractivity contribution in [2.75, 3.05) is 0 Å². The topological polar surface area (TPSA) is 89.9 Å². The molecule has 0 aliphatic heterocycles. The van der Waals surface area contributed by atoms with Gasteiger partial charge in [0.15, 0.2) is 11.5 Å². The number of carboxylic acid groups (broad SMARTS) is 1. The van der Waals surface area contributed by atoms with Crippen LogP contribution in [0.1, 0.15) is 32.3 Å². The van der Waals surface area contributed by atoms with Crippen LogP contribution in [-0.4, -0.2) is 23.0 Å². The van der Waals surface area contributed by atoms with Crippen molar-refractivity contribution in [3.8, 4) is 11.5 Å². The molecule has 0 saturated heterocycles. The number of esters is 2. The number of hydrogen-bond donors (Lipinski definition) is 1. The lowest BCUT2D eigenvalue weighted by molar-refractivity contribution is -0.137. The molecule has 108 valence electrons. The molecule has 0 aliphatic carbocycles. The van der Waals surface area contributed by atoms with Gasteiger partial charge in [-0.15, -0.1) is 0 Å². The van der Waals surface area contributed by atoms with Gasteiger partial charge in [-0.1, -0.05) is 6.07 Å². The Balaban J connectivity index is 2.86. The van der Waals surface area contributed by atoms with Gasteiger partial charge < -0.3 is 14.6 Å². The summed E-state index contributed by atoms with van der Waals surface area (Å²) in [4.78, 5) is 32.4. The van der Waals surface area contributed by atoms with E-state index in [4.69, 9.17) is 14.6 Å². The quantitative estimate of drug-likeness (QED) is 0.632. The third-order valence-corrected chi connectivity index (χ3v) is 2.37. The van der Waals surface area contributed by atoms with Crippen LogP contribution in [0.15, 0.2) is 18.2 Å². The van der Waals surface area contributed by atoms with E-state index in [9.17, 15) is 14.4 Å². The minimum Gasteiger partial charge on any atom is -0.481 e. The van der Waals surface area contributed by atoms with E-state index in [1.807, 2.05) is 0 Å². The molecule has 1 N–H and O–H groups in total. The lowest BCUT2D eigenvalue weighted by Gasteiger charge is -2.10. The van der Waals surface area contributed by atoms with E-state index < -0.39 is 17.9 Å². The number of carbonyl (C=O) groups excluding carboxylic acids is 2. The zero-order valence-electron chi connectivity index (χ0n) is 11.3. The van der Waals surface area contributed by atoms with E-state index in [0.717, 1.165) is 5.56 Å². The van der Waals surface area contributed by atoms with Crippen molar-refractivity contribution in [1.82, 2.24) is 0 Å². The first-order valence-electron chi connectivity index (χ1n) is 6.10. The highest BCUT2D eigenvalue weighted by Gasteiger charge is 2.11. The Kier molecular flexibility index (Phi) is 5.71. The monoisotopic (exact) mass is 280 g/mol. The zero-order chi connectivity index (χ0) is 15.1. The van der Waals surface area contributed by atoms with Gasteiger partial charge >= 0.3 is 17.9 Å². The molecule has 0 heterocycles. The molecule has 1 aromatic rings. The van der Waals surface area contributed by atoms with Crippen LogP contribution in [0.5, 0.6) is 11.5 Å². The van der Waals surface area contributed by atoms with E-state index >= 15 is 0 Å². The maximum Gasteiger partial charge on any atom is 0.308 e. The second-order valence-corrected chi connectivity index (χ2v) is 4.22. The number of carboxylic acids is 1. The van der Waals surface area contributed by atoms with Gasteiger partial charge in [0.05, 0.1) is 0 Å². The summed E-state index contributed by atoms with van der Waals surface area (Å²) in [5.74, 6) is -1.59. The van der Waals surface area contributed by atoms with Crippen molar-refractivity contribution >= 4 is 17.9 Å². The van der Waals surface area contributed by atoms with E-state index in [1.54, 1.807) is 12.1 Å². The Morgan fingerprint density at radius 2 is 1.65 bits per heavy atom. The highest BCUT2D eigenvalue weighted by Crippen LogP contribution is 2.29. The fourth-order valence-electron chi connectivity index (χ4n) is 1.63. The van der Waals surface area contributed by atoms with Crippen molar-refractivity contribution in [3.63, 3.8) is 0 Å². The van der Waals surface area contributed by atoms with E-state index in [1.165, 1.54) is 19.9 Å². The molecule has 0 atom stereocenters. The Morgan fingerprint density at radius 1 is 1.05 bits per heavy atom. The van der Waals surface area contributed by atoms with Crippen LogP contribution in [0.3, 0.4) is 0 Å². The first-order chi connectivity index (χ1) is 9.38. The van der Waals surface area contributed by atoms with Crippen molar-refractivity contribution in [2.24, 2.45) is 0 Å². The van der Waals surface area contributed by atoms with Crippen LogP contribution >= 0.6 is 0 Å². The molecular weight excluding hydrogens is 264 g/mol. The largest absolute Gasteiger partial charge is 0.481 e. The average molecular weight is 280 g/mol. The van der Waals surface area contributed by atoms with E-state index in [2.05, 4.69) is 0 Å². The predicted octanol–water partition coefficient (Wildman–Crippen LogP) is 1.94. The summed E-state index contributed by atoms with van der Waals surface area (Å²) in [7, 11) is 0. The second-order valence-electron chi connectivity index (χ2n) is 4.22. The van der Waals surface area contributed by atoms with Gasteiger partial charge in [0.25, 0.3) is 0 Å². The summed E-state index contributed by atoms with van der Waals surface area (Å²) in [6, 6.07) is 4.80. The molecule has 20 heavy (non-hydrogen) atoms. The molecule has 0 bridgehead atoms. The van der Waals surface area contributed by atoms with Crippen LogP contribution in [0, 0.1) is 0 Å². The van der Waals surface area contributed by atoms with Gasteiger partial charge in [-0.3, -0.25) is 14.4 Å². The Labute approximate surface area is 116 Å². The molecule has 0 fully saturated rings. The normalized spacial score (nSPS) is 9.90. The molecule has 0 saturated carbocycles. The highest BCUT2D eigenvalue weighted by molar-refractivity contribution is 5.73. The van der Waals surface area contributed by atoms with Gasteiger partial charge in [0.1, 0.15) is 0 Å². The Morgan fingerprint density at radius 3 is 2.20 bits per heavy atom. The van der Waals surface area contributed by atoms with Gasteiger partial charge in [-0.05, 0) is 30.5 Å². The summed E-state index contributed by atoms with van der Waals surface area (Å²) in [6.45, 7) is 2.49. The number of aryl methyl sites for hydroxylation is 1. The molecular formula is C14H16O6. The molecule has 0 aliphatic rings. The van der Waals surface area contributed by atoms with Crippen LogP contribution < -0.4 is 9.47 Å². The molecule has 0 amide bonds. The predicted molar refractivity (Wildman–Crippen MR) is 69.6 cm³/mol. The number of benzene rings is 1. The molecule has 6 nitrogen and oxygen atoms in total. The average Bonchev–Trinajstić information content (AvgIpc) is 2.30. The maximum atomic E-state index is 11.0. The van der Waals surface area contributed by atoms with Crippen molar-refractivity contribution < 1.29 is 29.0 Å². The number of hydrogen-bond acceptors (Lipinski definition) is 5. The first-order valence-corrected chi connectivity index (χ1v) is 6.10. The molecule has 1 aromatic carbocycles. The number of ether oxygens (including phenoxy) is 2.